The van der Waals surface area contributed by atoms with Crippen molar-refractivity contribution >= 4 is 56.5 Å². The highest BCUT2D eigenvalue weighted by atomic mass is 79.9. The molecule has 154 valence electrons. The van der Waals surface area contributed by atoms with Crippen molar-refractivity contribution in [2.45, 2.75) is 13.3 Å². The van der Waals surface area contributed by atoms with Crippen LogP contribution in [0.1, 0.15) is 21.5 Å². The first-order chi connectivity index (χ1) is 14.4. The van der Waals surface area contributed by atoms with Crippen LogP contribution in [0.25, 0.3) is 0 Å². The largest absolute Gasteiger partial charge is 0.492 e. The lowest BCUT2D eigenvalue weighted by molar-refractivity contribution is 0.0977. The molecule has 0 bridgehead atoms. The molecule has 2 N–H and O–H groups in total. The molecule has 0 heterocycles. The predicted octanol–water partition coefficient (Wildman–Crippen LogP) is 6.16. The van der Waals surface area contributed by atoms with Gasteiger partial charge in [-0.25, -0.2) is 0 Å². The minimum absolute atomic E-state index is 0.199. The van der Waals surface area contributed by atoms with Crippen LogP contribution in [0.5, 0.6) is 5.75 Å². The van der Waals surface area contributed by atoms with E-state index in [0.29, 0.717) is 27.4 Å². The highest BCUT2D eigenvalue weighted by molar-refractivity contribution is 9.10. The number of nitrogens with one attached hydrogen (secondary N) is 2. The summed E-state index contributed by atoms with van der Waals surface area (Å²) >= 11 is 14.8. The Kier molecular flexibility index (Phi) is 7.85. The third kappa shape index (κ3) is 6.05. The van der Waals surface area contributed by atoms with E-state index in [1.54, 1.807) is 24.3 Å². The van der Waals surface area contributed by atoms with Crippen LogP contribution in [-0.4, -0.2) is 17.6 Å². The van der Waals surface area contributed by atoms with E-state index in [-0.39, 0.29) is 11.0 Å². The fraction of sp³-hybridized carbons (Fsp3) is 0.130. The van der Waals surface area contributed by atoms with Crippen molar-refractivity contribution in [2.75, 3.05) is 11.9 Å². The summed E-state index contributed by atoms with van der Waals surface area (Å²) in [6.45, 7) is 2.42. The first kappa shape index (κ1) is 22.3. The Labute approximate surface area is 194 Å². The predicted molar refractivity (Wildman–Crippen MR) is 130 cm³/mol. The van der Waals surface area contributed by atoms with Gasteiger partial charge in [0.15, 0.2) is 5.11 Å². The molecule has 1 amide bonds. The van der Waals surface area contributed by atoms with Crippen LogP contribution < -0.4 is 15.4 Å². The van der Waals surface area contributed by atoms with E-state index < -0.39 is 0 Å². The molecule has 0 radical (unpaired) electrons. The summed E-state index contributed by atoms with van der Waals surface area (Å²) in [4.78, 5) is 12.5. The van der Waals surface area contributed by atoms with Crippen LogP contribution in [0.3, 0.4) is 0 Å². The number of carbonyl (C=O) groups excluding carboxylic acids is 1. The summed E-state index contributed by atoms with van der Waals surface area (Å²) in [7, 11) is 0. The van der Waals surface area contributed by atoms with Crippen molar-refractivity contribution < 1.29 is 9.53 Å². The minimum Gasteiger partial charge on any atom is -0.492 e. The lowest BCUT2D eigenvalue weighted by Crippen LogP contribution is -2.34. The Bertz CT molecular complexity index is 1060. The second-order valence-corrected chi connectivity index (χ2v) is 8.22. The number of hydrogen-bond donors (Lipinski definition) is 2. The van der Waals surface area contributed by atoms with E-state index >= 15 is 0 Å². The van der Waals surface area contributed by atoms with Crippen LogP contribution in [0, 0.1) is 6.92 Å². The maximum absolute atomic E-state index is 12.5. The number of carbonyl (C=O) groups is 1. The molecule has 0 aliphatic rings. The van der Waals surface area contributed by atoms with Gasteiger partial charge in [-0.2, -0.15) is 0 Å². The van der Waals surface area contributed by atoms with Crippen LogP contribution in [-0.2, 0) is 6.42 Å². The Hall–Kier alpha value is -2.41. The zero-order chi connectivity index (χ0) is 21.5. The normalized spacial score (nSPS) is 10.4. The van der Waals surface area contributed by atoms with Crippen molar-refractivity contribution in [3.05, 3.63) is 92.9 Å². The number of hydrogen-bond acceptors (Lipinski definition) is 3. The van der Waals surface area contributed by atoms with Crippen molar-refractivity contribution in [1.82, 2.24) is 5.32 Å². The van der Waals surface area contributed by atoms with Gasteiger partial charge in [0.2, 0.25) is 0 Å². The van der Waals surface area contributed by atoms with E-state index in [4.69, 9.17) is 28.6 Å². The second kappa shape index (κ2) is 10.6. The molecule has 7 heteroatoms. The molecule has 3 aromatic carbocycles. The average Bonchev–Trinajstić information content (AvgIpc) is 2.73. The molecule has 0 fully saturated rings. The number of benzene rings is 3. The number of anilines is 1. The number of rotatable bonds is 6. The fourth-order valence-corrected chi connectivity index (χ4v) is 3.62. The van der Waals surface area contributed by atoms with Gasteiger partial charge in [-0.05, 0) is 76.5 Å². The molecule has 0 atom stereocenters. The van der Waals surface area contributed by atoms with Crippen molar-refractivity contribution in [2.24, 2.45) is 0 Å². The van der Waals surface area contributed by atoms with Crippen molar-refractivity contribution in [3.8, 4) is 5.75 Å². The maximum atomic E-state index is 12.5. The van der Waals surface area contributed by atoms with E-state index in [9.17, 15) is 4.79 Å². The Morgan fingerprint density at radius 1 is 1.10 bits per heavy atom. The van der Waals surface area contributed by atoms with Gasteiger partial charge in [-0.3, -0.25) is 10.1 Å². The van der Waals surface area contributed by atoms with Gasteiger partial charge in [0.25, 0.3) is 5.91 Å². The maximum Gasteiger partial charge on any atom is 0.257 e. The topological polar surface area (TPSA) is 50.4 Å². The number of thiocarbonyl (C=S) groups is 1. The molecule has 3 rings (SSSR count). The Balaban J connectivity index is 1.56. The molecule has 4 nitrogen and oxygen atoms in total. The SMILES string of the molecule is Cc1c(Cl)cccc1NC(=S)NC(=O)c1ccc(OCCc2ccccc2)c(Br)c1. The van der Waals surface area contributed by atoms with Crippen LogP contribution in [0.2, 0.25) is 5.02 Å². The summed E-state index contributed by atoms with van der Waals surface area (Å²) in [5, 5.41) is 6.50. The molecule has 0 aliphatic carbocycles. The smallest absolute Gasteiger partial charge is 0.257 e. The molecule has 0 saturated heterocycles. The molecule has 0 saturated carbocycles. The van der Waals surface area contributed by atoms with Crippen molar-refractivity contribution in [1.29, 1.82) is 0 Å². The molecule has 0 aliphatic heterocycles. The van der Waals surface area contributed by atoms with Gasteiger partial charge >= 0.3 is 0 Å². The van der Waals surface area contributed by atoms with E-state index in [0.717, 1.165) is 17.7 Å². The fourth-order valence-electron chi connectivity index (χ4n) is 2.75. The van der Waals surface area contributed by atoms with Gasteiger partial charge in [0.05, 0.1) is 11.1 Å². The van der Waals surface area contributed by atoms with E-state index in [2.05, 4.69) is 38.7 Å². The summed E-state index contributed by atoms with van der Waals surface area (Å²) in [6.07, 6.45) is 0.804. The molecular formula is C23H20BrClN2O2S. The van der Waals surface area contributed by atoms with Crippen LogP contribution in [0.4, 0.5) is 5.69 Å². The van der Waals surface area contributed by atoms with E-state index in [1.165, 1.54) is 5.56 Å². The highest BCUT2D eigenvalue weighted by Crippen LogP contribution is 2.26. The molecule has 3 aromatic rings. The van der Waals surface area contributed by atoms with E-state index in [1.807, 2.05) is 37.3 Å². The summed E-state index contributed by atoms with van der Waals surface area (Å²) in [6, 6.07) is 20.8. The van der Waals surface area contributed by atoms with Crippen LogP contribution >= 0.6 is 39.7 Å². The first-order valence-corrected chi connectivity index (χ1v) is 10.9. The first-order valence-electron chi connectivity index (χ1n) is 9.28. The number of halogens is 2. The Morgan fingerprint density at radius 3 is 2.60 bits per heavy atom. The summed E-state index contributed by atoms with van der Waals surface area (Å²) in [5.41, 5.74) is 3.27. The minimum atomic E-state index is -0.316. The summed E-state index contributed by atoms with van der Waals surface area (Å²) < 4.78 is 6.53. The monoisotopic (exact) mass is 502 g/mol. The quantitative estimate of drug-likeness (QED) is 0.396. The van der Waals surface area contributed by atoms with Crippen LogP contribution in [0.15, 0.2) is 71.2 Å². The van der Waals surface area contributed by atoms with Crippen molar-refractivity contribution in [3.63, 3.8) is 0 Å². The van der Waals surface area contributed by atoms with Gasteiger partial charge < -0.3 is 10.1 Å². The Morgan fingerprint density at radius 2 is 1.87 bits per heavy atom. The third-order valence-corrected chi connectivity index (χ3v) is 5.66. The lowest BCUT2D eigenvalue weighted by Gasteiger charge is -2.13. The molecule has 0 spiro atoms. The van der Waals surface area contributed by atoms with Gasteiger partial charge in [0.1, 0.15) is 5.75 Å². The van der Waals surface area contributed by atoms with Gasteiger partial charge in [-0.15, -0.1) is 0 Å². The highest BCUT2D eigenvalue weighted by Gasteiger charge is 2.12. The molecule has 0 aromatic heterocycles. The average molecular weight is 504 g/mol. The van der Waals surface area contributed by atoms with Gasteiger partial charge in [-0.1, -0.05) is 48.0 Å². The number of amides is 1. The zero-order valence-electron chi connectivity index (χ0n) is 16.2. The molecule has 0 unspecified atom stereocenters. The lowest BCUT2D eigenvalue weighted by atomic mass is 10.2. The third-order valence-electron chi connectivity index (χ3n) is 4.43. The molecule has 30 heavy (non-hydrogen) atoms. The standard InChI is InChI=1S/C23H20BrClN2O2S/c1-15-19(25)8-5-9-20(15)26-23(30)27-22(28)17-10-11-21(18(24)14-17)29-13-12-16-6-3-2-4-7-16/h2-11,14H,12-13H2,1H3,(H2,26,27,28,30). The second-order valence-electron chi connectivity index (χ2n) is 6.55. The van der Waals surface area contributed by atoms with Gasteiger partial charge in [0, 0.05) is 22.7 Å². The molecular weight excluding hydrogens is 484 g/mol. The summed E-state index contributed by atoms with van der Waals surface area (Å²) in [5.74, 6) is 0.362. The number of ether oxygens (including phenoxy) is 1. The zero-order valence-corrected chi connectivity index (χ0v) is 19.4.